The first-order valence-corrected chi connectivity index (χ1v) is 8.17. The van der Waals surface area contributed by atoms with Crippen LogP contribution in [-0.2, 0) is 11.2 Å². The van der Waals surface area contributed by atoms with E-state index in [2.05, 4.69) is 5.32 Å². The van der Waals surface area contributed by atoms with Crippen LogP contribution in [0.1, 0.15) is 32.3 Å². The van der Waals surface area contributed by atoms with Gasteiger partial charge < -0.3 is 14.8 Å². The number of rotatable bonds is 7. The molecule has 6 heteroatoms. The van der Waals surface area contributed by atoms with E-state index in [1.165, 1.54) is 0 Å². The zero-order valence-electron chi connectivity index (χ0n) is 13.0. The highest BCUT2D eigenvalue weighted by Gasteiger charge is 2.30. The number of aryl methyl sites for hydroxylation is 1. The van der Waals surface area contributed by atoms with E-state index in [4.69, 9.17) is 9.47 Å². The lowest BCUT2D eigenvalue weighted by molar-refractivity contribution is -0.112. The van der Waals surface area contributed by atoms with Crippen LogP contribution in [0.3, 0.4) is 0 Å². The molecule has 0 saturated carbocycles. The van der Waals surface area contributed by atoms with Crippen LogP contribution in [0.15, 0.2) is 18.2 Å². The van der Waals surface area contributed by atoms with E-state index >= 15 is 0 Å². The molecule has 1 aromatic carbocycles. The molecule has 0 aliphatic carbocycles. The summed E-state index contributed by atoms with van der Waals surface area (Å²) in [7, 11) is 1.62. The lowest BCUT2D eigenvalue weighted by atomic mass is 10.0. The molecule has 1 fully saturated rings. The van der Waals surface area contributed by atoms with Gasteiger partial charge in [-0.2, -0.15) is 0 Å². The largest absolute Gasteiger partial charge is 0.493 e. The normalized spacial score (nSPS) is 17.7. The molecule has 0 radical (unpaired) electrons. The van der Waals surface area contributed by atoms with Crippen molar-refractivity contribution in [2.45, 2.75) is 45.3 Å². The van der Waals surface area contributed by atoms with Gasteiger partial charge in [0.25, 0.3) is 5.24 Å². The van der Waals surface area contributed by atoms with Crippen LogP contribution in [-0.4, -0.2) is 29.6 Å². The van der Waals surface area contributed by atoms with Crippen molar-refractivity contribution >= 4 is 22.1 Å². The minimum absolute atomic E-state index is 0.0803. The first-order valence-electron chi connectivity index (χ1n) is 7.35. The van der Waals surface area contributed by atoms with E-state index in [1.807, 2.05) is 32.0 Å². The summed E-state index contributed by atoms with van der Waals surface area (Å²) < 4.78 is 11.0. The molecule has 1 N–H and O–H groups in total. The molecule has 0 bridgehead atoms. The molecule has 1 aliphatic rings. The van der Waals surface area contributed by atoms with Gasteiger partial charge in [0.15, 0.2) is 11.5 Å². The number of hydrogen-bond acceptors (Lipinski definition) is 5. The van der Waals surface area contributed by atoms with Crippen molar-refractivity contribution in [2.24, 2.45) is 0 Å². The SMILES string of the molecule is COc1cc(CCCC2NC(=O)SC2=O)ccc1OC(C)C. The maximum atomic E-state index is 11.5. The summed E-state index contributed by atoms with van der Waals surface area (Å²) in [6, 6.07) is 5.53. The number of carbonyl (C=O) groups excluding carboxylic acids is 2. The fourth-order valence-corrected chi connectivity index (χ4v) is 3.02. The third-order valence-corrected chi connectivity index (χ3v) is 4.11. The number of amides is 1. The van der Waals surface area contributed by atoms with Gasteiger partial charge in [-0.25, -0.2) is 0 Å². The average Bonchev–Trinajstić information content (AvgIpc) is 2.78. The lowest BCUT2D eigenvalue weighted by Gasteiger charge is -2.14. The van der Waals surface area contributed by atoms with Crippen LogP contribution in [0.5, 0.6) is 11.5 Å². The quantitative estimate of drug-likeness (QED) is 0.835. The Kier molecular flexibility index (Phi) is 5.71. The summed E-state index contributed by atoms with van der Waals surface area (Å²) in [5.41, 5.74) is 1.12. The van der Waals surface area contributed by atoms with E-state index < -0.39 is 0 Å². The van der Waals surface area contributed by atoms with Crippen molar-refractivity contribution < 1.29 is 19.1 Å². The van der Waals surface area contributed by atoms with Crippen molar-refractivity contribution in [3.63, 3.8) is 0 Å². The maximum absolute atomic E-state index is 11.5. The minimum atomic E-state index is -0.344. The van der Waals surface area contributed by atoms with E-state index in [1.54, 1.807) is 7.11 Å². The van der Waals surface area contributed by atoms with Crippen LogP contribution in [0.25, 0.3) is 0 Å². The Balaban J connectivity index is 1.90. The van der Waals surface area contributed by atoms with Crippen molar-refractivity contribution in [2.75, 3.05) is 7.11 Å². The molecule has 1 aliphatic heterocycles. The number of benzene rings is 1. The number of hydrogen-bond donors (Lipinski definition) is 1. The third-order valence-electron chi connectivity index (χ3n) is 3.32. The minimum Gasteiger partial charge on any atom is -0.493 e. The van der Waals surface area contributed by atoms with Crippen molar-refractivity contribution in [3.05, 3.63) is 23.8 Å². The molecule has 1 heterocycles. The molecule has 1 saturated heterocycles. The van der Waals surface area contributed by atoms with Gasteiger partial charge >= 0.3 is 0 Å². The standard InChI is InChI=1S/C16H21NO4S/c1-10(2)21-13-8-7-11(9-14(13)20-3)5-4-6-12-15(18)22-16(19)17-12/h7-10,12H,4-6H2,1-3H3,(H,17,19). The Morgan fingerprint density at radius 2 is 2.05 bits per heavy atom. The molecule has 1 amide bonds. The predicted molar refractivity (Wildman–Crippen MR) is 86.6 cm³/mol. The second-order valence-electron chi connectivity index (χ2n) is 5.45. The van der Waals surface area contributed by atoms with Gasteiger partial charge in [-0.05, 0) is 50.8 Å². The maximum Gasteiger partial charge on any atom is 0.287 e. The Bertz CT molecular complexity index is 559. The zero-order valence-corrected chi connectivity index (χ0v) is 13.9. The second-order valence-corrected chi connectivity index (χ2v) is 6.43. The molecule has 1 atom stereocenters. The van der Waals surface area contributed by atoms with E-state index in [0.717, 1.165) is 35.9 Å². The molecular formula is C16H21NO4S. The van der Waals surface area contributed by atoms with Crippen LogP contribution in [0.2, 0.25) is 0 Å². The number of ether oxygens (including phenoxy) is 2. The van der Waals surface area contributed by atoms with Crippen molar-refractivity contribution in [3.8, 4) is 11.5 Å². The van der Waals surface area contributed by atoms with Crippen LogP contribution in [0, 0.1) is 0 Å². The van der Waals surface area contributed by atoms with Crippen molar-refractivity contribution in [1.29, 1.82) is 0 Å². The molecule has 2 rings (SSSR count). The summed E-state index contributed by atoms with van der Waals surface area (Å²) in [6.07, 6.45) is 2.40. The monoisotopic (exact) mass is 323 g/mol. The van der Waals surface area contributed by atoms with Gasteiger partial charge in [0, 0.05) is 11.8 Å². The summed E-state index contributed by atoms with van der Waals surface area (Å²) in [4.78, 5) is 22.6. The molecule has 1 aromatic rings. The van der Waals surface area contributed by atoms with E-state index in [0.29, 0.717) is 12.2 Å². The van der Waals surface area contributed by atoms with Gasteiger partial charge in [0.1, 0.15) is 0 Å². The third kappa shape index (κ3) is 4.40. The number of thioether (sulfide) groups is 1. The molecule has 1 unspecified atom stereocenters. The Morgan fingerprint density at radius 1 is 1.27 bits per heavy atom. The predicted octanol–water partition coefficient (Wildman–Crippen LogP) is 3.16. The van der Waals surface area contributed by atoms with Crippen LogP contribution in [0.4, 0.5) is 4.79 Å². The van der Waals surface area contributed by atoms with Crippen molar-refractivity contribution in [1.82, 2.24) is 5.32 Å². The molecule has 0 spiro atoms. The highest BCUT2D eigenvalue weighted by atomic mass is 32.2. The second kappa shape index (κ2) is 7.54. The highest BCUT2D eigenvalue weighted by Crippen LogP contribution is 2.29. The Hall–Kier alpha value is -1.69. The number of nitrogens with one attached hydrogen (secondary N) is 1. The fourth-order valence-electron chi connectivity index (χ4n) is 2.31. The lowest BCUT2D eigenvalue weighted by Crippen LogP contribution is -2.28. The Labute approximate surface area is 134 Å². The Morgan fingerprint density at radius 3 is 2.64 bits per heavy atom. The van der Waals surface area contributed by atoms with E-state index in [-0.39, 0.29) is 22.5 Å². The average molecular weight is 323 g/mol. The zero-order chi connectivity index (χ0) is 16.1. The molecule has 22 heavy (non-hydrogen) atoms. The molecule has 120 valence electrons. The fraction of sp³-hybridized carbons (Fsp3) is 0.500. The van der Waals surface area contributed by atoms with Gasteiger partial charge in [0.2, 0.25) is 5.12 Å². The summed E-state index contributed by atoms with van der Waals surface area (Å²) in [5, 5.41) is 2.35. The van der Waals surface area contributed by atoms with Gasteiger partial charge in [-0.1, -0.05) is 6.07 Å². The smallest absolute Gasteiger partial charge is 0.287 e. The topological polar surface area (TPSA) is 64.6 Å². The summed E-state index contributed by atoms with van der Waals surface area (Å²) in [5.74, 6) is 1.45. The summed E-state index contributed by atoms with van der Waals surface area (Å²) >= 11 is 0.763. The summed E-state index contributed by atoms with van der Waals surface area (Å²) in [6.45, 7) is 3.94. The molecule has 0 aromatic heterocycles. The first-order chi connectivity index (χ1) is 10.5. The van der Waals surface area contributed by atoms with Gasteiger partial charge in [-0.15, -0.1) is 0 Å². The van der Waals surface area contributed by atoms with Crippen LogP contribution >= 0.6 is 11.8 Å². The van der Waals surface area contributed by atoms with Crippen LogP contribution < -0.4 is 14.8 Å². The highest BCUT2D eigenvalue weighted by molar-refractivity contribution is 8.26. The number of methoxy groups -OCH3 is 1. The van der Waals surface area contributed by atoms with Gasteiger partial charge in [-0.3, -0.25) is 9.59 Å². The first kappa shape index (κ1) is 16.7. The molecular weight excluding hydrogens is 302 g/mol. The molecule has 5 nitrogen and oxygen atoms in total. The number of carbonyl (C=O) groups is 2. The van der Waals surface area contributed by atoms with Gasteiger partial charge in [0.05, 0.1) is 19.3 Å². The van der Waals surface area contributed by atoms with E-state index in [9.17, 15) is 9.59 Å².